The fourth-order valence-corrected chi connectivity index (χ4v) is 2.32. The van der Waals surface area contributed by atoms with Crippen molar-refractivity contribution in [2.45, 2.75) is 6.54 Å². The number of nitrogens with one attached hydrogen (secondary N) is 2. The number of carbonyl (C=O) groups is 2. The Balaban J connectivity index is 1.66. The zero-order valence-corrected chi connectivity index (χ0v) is 14.4. The maximum atomic E-state index is 12.3. The lowest BCUT2D eigenvalue weighted by Crippen LogP contribution is -2.24. The molecule has 1 aromatic carbocycles. The van der Waals surface area contributed by atoms with E-state index in [1.807, 2.05) is 12.1 Å². The van der Waals surface area contributed by atoms with E-state index in [-0.39, 0.29) is 24.1 Å². The molecule has 3 rings (SSSR count). The van der Waals surface area contributed by atoms with Gasteiger partial charge in [0.25, 0.3) is 11.8 Å². The van der Waals surface area contributed by atoms with Crippen molar-refractivity contribution in [3.63, 3.8) is 0 Å². The van der Waals surface area contributed by atoms with Crippen molar-refractivity contribution in [1.82, 2.24) is 15.3 Å². The molecule has 2 aromatic heterocycles. The first-order chi connectivity index (χ1) is 12.6. The second kappa shape index (κ2) is 8.22. The second-order valence-corrected chi connectivity index (χ2v) is 5.83. The summed E-state index contributed by atoms with van der Waals surface area (Å²) in [6.45, 7) is 0.280. The summed E-state index contributed by atoms with van der Waals surface area (Å²) in [7, 11) is 0. The average Bonchev–Trinajstić information content (AvgIpc) is 2.69. The Morgan fingerprint density at radius 1 is 0.923 bits per heavy atom. The number of hydrogen-bond acceptors (Lipinski definition) is 4. The van der Waals surface area contributed by atoms with Crippen LogP contribution in [-0.4, -0.2) is 21.8 Å². The third-order valence-corrected chi connectivity index (χ3v) is 3.77. The molecule has 0 aliphatic heterocycles. The molecule has 0 atom stereocenters. The highest BCUT2D eigenvalue weighted by Crippen LogP contribution is 2.14. The number of benzene rings is 1. The van der Waals surface area contributed by atoms with E-state index in [2.05, 4.69) is 20.6 Å². The molecule has 0 spiro atoms. The van der Waals surface area contributed by atoms with Crippen molar-refractivity contribution in [3.8, 4) is 0 Å². The summed E-state index contributed by atoms with van der Waals surface area (Å²) < 4.78 is 0. The summed E-state index contributed by atoms with van der Waals surface area (Å²) in [4.78, 5) is 32.7. The number of anilines is 1. The number of amides is 2. The summed E-state index contributed by atoms with van der Waals surface area (Å²) >= 11 is 5.82. The van der Waals surface area contributed by atoms with Gasteiger partial charge in [0.2, 0.25) is 0 Å². The number of carbonyl (C=O) groups excluding carboxylic acids is 2. The molecule has 0 saturated heterocycles. The monoisotopic (exact) mass is 366 g/mol. The van der Waals surface area contributed by atoms with E-state index in [1.165, 1.54) is 12.3 Å². The fourth-order valence-electron chi connectivity index (χ4n) is 2.20. The van der Waals surface area contributed by atoms with E-state index in [0.29, 0.717) is 16.3 Å². The van der Waals surface area contributed by atoms with Gasteiger partial charge in [-0.25, -0.2) is 0 Å². The minimum absolute atomic E-state index is 0.157. The van der Waals surface area contributed by atoms with Crippen LogP contribution in [0.5, 0.6) is 0 Å². The molecular formula is C19H15ClN4O2. The van der Waals surface area contributed by atoms with E-state index in [1.54, 1.807) is 42.6 Å². The normalized spacial score (nSPS) is 10.2. The summed E-state index contributed by atoms with van der Waals surface area (Å²) in [5.41, 5.74) is 1.83. The van der Waals surface area contributed by atoms with Crippen molar-refractivity contribution in [3.05, 3.63) is 89.0 Å². The molecular weight excluding hydrogens is 352 g/mol. The predicted octanol–water partition coefficient (Wildman–Crippen LogP) is 3.31. The van der Waals surface area contributed by atoms with Gasteiger partial charge in [-0.3, -0.25) is 19.6 Å². The summed E-state index contributed by atoms with van der Waals surface area (Å²) in [5, 5.41) is 6.05. The topological polar surface area (TPSA) is 84.0 Å². The van der Waals surface area contributed by atoms with Gasteiger partial charge < -0.3 is 10.6 Å². The molecule has 0 aliphatic carbocycles. The molecule has 0 aliphatic rings. The van der Waals surface area contributed by atoms with Gasteiger partial charge >= 0.3 is 0 Å². The van der Waals surface area contributed by atoms with Gasteiger partial charge in [-0.2, -0.15) is 0 Å². The zero-order valence-electron chi connectivity index (χ0n) is 13.6. The van der Waals surface area contributed by atoms with Crippen LogP contribution < -0.4 is 10.6 Å². The molecule has 0 radical (unpaired) electrons. The SMILES string of the molecule is O=C(Nc1ccc(Cl)cc1)c1ccnc(C(=O)NCc2ccccn2)c1. The van der Waals surface area contributed by atoms with Gasteiger partial charge in [0.1, 0.15) is 5.69 Å². The van der Waals surface area contributed by atoms with Gasteiger partial charge in [0.05, 0.1) is 12.2 Å². The smallest absolute Gasteiger partial charge is 0.270 e. The maximum Gasteiger partial charge on any atom is 0.270 e. The summed E-state index contributed by atoms with van der Waals surface area (Å²) in [6.07, 6.45) is 3.08. The van der Waals surface area contributed by atoms with E-state index in [4.69, 9.17) is 11.6 Å². The Hall–Kier alpha value is -3.25. The predicted molar refractivity (Wildman–Crippen MR) is 99.0 cm³/mol. The third kappa shape index (κ3) is 4.64. The summed E-state index contributed by atoms with van der Waals surface area (Å²) in [5.74, 6) is -0.717. The Kier molecular flexibility index (Phi) is 5.56. The number of hydrogen-bond donors (Lipinski definition) is 2. The number of nitrogens with zero attached hydrogens (tertiary/aromatic N) is 2. The van der Waals surface area contributed by atoms with E-state index in [9.17, 15) is 9.59 Å². The second-order valence-electron chi connectivity index (χ2n) is 5.39. The Morgan fingerprint density at radius 2 is 1.73 bits per heavy atom. The van der Waals surface area contributed by atoms with Crippen molar-refractivity contribution < 1.29 is 9.59 Å². The number of aromatic nitrogens is 2. The fraction of sp³-hybridized carbons (Fsp3) is 0.0526. The molecule has 7 heteroatoms. The first-order valence-corrected chi connectivity index (χ1v) is 8.21. The molecule has 0 saturated carbocycles. The van der Waals surface area contributed by atoms with E-state index >= 15 is 0 Å². The Labute approximate surface area is 155 Å². The highest BCUT2D eigenvalue weighted by molar-refractivity contribution is 6.30. The molecule has 0 fully saturated rings. The molecule has 3 aromatic rings. The lowest BCUT2D eigenvalue weighted by molar-refractivity contribution is 0.0945. The van der Waals surface area contributed by atoms with Gasteiger partial charge in [-0.05, 0) is 48.5 Å². The molecule has 6 nitrogen and oxygen atoms in total. The number of pyridine rings is 2. The minimum Gasteiger partial charge on any atom is -0.345 e. The molecule has 0 unspecified atom stereocenters. The largest absolute Gasteiger partial charge is 0.345 e. The number of halogens is 1. The molecule has 2 N–H and O–H groups in total. The highest BCUT2D eigenvalue weighted by atomic mass is 35.5. The van der Waals surface area contributed by atoms with Crippen LogP contribution in [0.3, 0.4) is 0 Å². The molecule has 2 heterocycles. The van der Waals surface area contributed by atoms with Crippen LogP contribution >= 0.6 is 11.6 Å². The lowest BCUT2D eigenvalue weighted by atomic mass is 10.2. The molecule has 2 amide bonds. The molecule has 26 heavy (non-hydrogen) atoms. The van der Waals surface area contributed by atoms with Crippen LogP contribution in [0.1, 0.15) is 26.5 Å². The van der Waals surface area contributed by atoms with Gasteiger partial charge in [-0.15, -0.1) is 0 Å². The van der Waals surface area contributed by atoms with Crippen molar-refractivity contribution in [1.29, 1.82) is 0 Å². The van der Waals surface area contributed by atoms with Crippen LogP contribution in [0.4, 0.5) is 5.69 Å². The van der Waals surface area contributed by atoms with Crippen molar-refractivity contribution >= 4 is 29.1 Å². The maximum absolute atomic E-state index is 12.3. The van der Waals surface area contributed by atoms with Gasteiger partial charge in [0.15, 0.2) is 0 Å². The lowest BCUT2D eigenvalue weighted by Gasteiger charge is -2.07. The van der Waals surface area contributed by atoms with Crippen LogP contribution in [-0.2, 0) is 6.54 Å². The zero-order chi connectivity index (χ0) is 18.4. The molecule has 130 valence electrons. The van der Waals surface area contributed by atoms with Gasteiger partial charge in [-0.1, -0.05) is 17.7 Å². The van der Waals surface area contributed by atoms with Crippen molar-refractivity contribution in [2.75, 3.05) is 5.32 Å². The Morgan fingerprint density at radius 3 is 2.46 bits per heavy atom. The minimum atomic E-state index is -0.378. The standard InChI is InChI=1S/C19H15ClN4O2/c20-14-4-6-15(7-5-14)24-18(25)13-8-10-22-17(11-13)19(26)23-12-16-3-1-2-9-21-16/h1-11H,12H2,(H,23,26)(H,24,25). The van der Waals surface area contributed by atoms with E-state index < -0.39 is 0 Å². The van der Waals surface area contributed by atoms with Crippen LogP contribution in [0, 0.1) is 0 Å². The molecule has 0 bridgehead atoms. The third-order valence-electron chi connectivity index (χ3n) is 3.51. The first-order valence-electron chi connectivity index (χ1n) is 7.83. The van der Waals surface area contributed by atoms with Gasteiger partial charge in [0, 0.05) is 28.7 Å². The number of rotatable bonds is 5. The summed E-state index contributed by atoms with van der Waals surface area (Å²) in [6, 6.07) is 15.2. The quantitative estimate of drug-likeness (QED) is 0.725. The average molecular weight is 367 g/mol. The Bertz CT molecular complexity index is 914. The van der Waals surface area contributed by atoms with Crippen LogP contribution in [0.15, 0.2) is 67.0 Å². The van der Waals surface area contributed by atoms with Crippen molar-refractivity contribution in [2.24, 2.45) is 0 Å². The first kappa shape index (κ1) is 17.6. The van der Waals surface area contributed by atoms with Crippen LogP contribution in [0.2, 0.25) is 5.02 Å². The highest BCUT2D eigenvalue weighted by Gasteiger charge is 2.12. The van der Waals surface area contributed by atoms with Crippen LogP contribution in [0.25, 0.3) is 0 Å². The van der Waals surface area contributed by atoms with E-state index in [0.717, 1.165) is 5.69 Å².